The first-order valence-corrected chi connectivity index (χ1v) is 4.62. The summed E-state index contributed by atoms with van der Waals surface area (Å²) < 4.78 is 9.35. The molecule has 0 bridgehead atoms. The Hall–Kier alpha value is -2.04. The van der Waals surface area contributed by atoms with E-state index in [4.69, 9.17) is 4.74 Å². The minimum absolute atomic E-state index is 0.522. The fourth-order valence-electron chi connectivity index (χ4n) is 1.23. The quantitative estimate of drug-likeness (QED) is 0.602. The van der Waals surface area contributed by atoms with Gasteiger partial charge in [0.15, 0.2) is 0 Å². The van der Waals surface area contributed by atoms with Crippen LogP contribution in [-0.2, 0) is 14.3 Å². The molecule has 0 heterocycles. The van der Waals surface area contributed by atoms with Gasteiger partial charge in [-0.1, -0.05) is 0 Å². The van der Waals surface area contributed by atoms with Gasteiger partial charge in [0.1, 0.15) is 5.75 Å². The molecule has 5 heteroatoms. The van der Waals surface area contributed by atoms with Crippen molar-refractivity contribution >= 4 is 17.6 Å². The lowest BCUT2D eigenvalue weighted by Crippen LogP contribution is -2.23. The summed E-state index contributed by atoms with van der Waals surface area (Å²) >= 11 is 0. The molecule has 0 fully saturated rings. The molecule has 0 saturated heterocycles. The van der Waals surface area contributed by atoms with E-state index in [1.807, 2.05) is 6.92 Å². The van der Waals surface area contributed by atoms with Gasteiger partial charge in [-0.15, -0.1) is 0 Å². The van der Waals surface area contributed by atoms with Gasteiger partial charge in [-0.05, 0) is 30.7 Å². The van der Waals surface area contributed by atoms with E-state index in [0.29, 0.717) is 5.69 Å². The number of methoxy groups -OCH3 is 2. The summed E-state index contributed by atoms with van der Waals surface area (Å²) in [6.07, 6.45) is 0. The maximum absolute atomic E-state index is 11.2. The number of carbonyl (C=O) groups excluding carboxylic acids is 2. The first kappa shape index (κ1) is 12.0. The van der Waals surface area contributed by atoms with Gasteiger partial charge in [-0.2, -0.15) is 0 Å². The Labute approximate surface area is 93.4 Å². The molecule has 0 saturated carbocycles. The molecule has 0 aliphatic heterocycles. The molecule has 0 spiro atoms. The maximum Gasteiger partial charge on any atom is 0.396 e. The van der Waals surface area contributed by atoms with Crippen LogP contribution in [0.1, 0.15) is 5.56 Å². The number of aryl methyl sites for hydroxylation is 1. The molecule has 86 valence electrons. The van der Waals surface area contributed by atoms with Gasteiger partial charge < -0.3 is 14.8 Å². The monoisotopic (exact) mass is 223 g/mol. The smallest absolute Gasteiger partial charge is 0.396 e. The van der Waals surface area contributed by atoms with Gasteiger partial charge in [0.25, 0.3) is 0 Å². The average molecular weight is 223 g/mol. The highest BCUT2D eigenvalue weighted by Crippen LogP contribution is 2.21. The Bertz CT molecular complexity index is 414. The SMILES string of the molecule is COC(=O)C(=O)Nc1ccc(OC)c(C)c1. The Balaban J connectivity index is 2.79. The lowest BCUT2D eigenvalue weighted by molar-refractivity contribution is -0.150. The van der Waals surface area contributed by atoms with E-state index >= 15 is 0 Å². The van der Waals surface area contributed by atoms with Crippen molar-refractivity contribution in [3.63, 3.8) is 0 Å². The molecule has 1 aromatic rings. The van der Waals surface area contributed by atoms with Gasteiger partial charge in [0.2, 0.25) is 0 Å². The molecule has 0 aliphatic rings. The number of hydrogen-bond donors (Lipinski definition) is 1. The summed E-state index contributed by atoms with van der Waals surface area (Å²) in [6.45, 7) is 1.84. The molecule has 1 amide bonds. The zero-order valence-corrected chi connectivity index (χ0v) is 9.37. The van der Waals surface area contributed by atoms with Gasteiger partial charge in [-0.25, -0.2) is 4.79 Å². The molecule has 5 nitrogen and oxygen atoms in total. The van der Waals surface area contributed by atoms with E-state index in [9.17, 15) is 9.59 Å². The summed E-state index contributed by atoms with van der Waals surface area (Å²) in [6, 6.07) is 5.06. The zero-order valence-electron chi connectivity index (χ0n) is 9.37. The second kappa shape index (κ2) is 5.16. The van der Waals surface area contributed by atoms with Crippen LogP contribution in [0.4, 0.5) is 5.69 Å². The molecule has 0 atom stereocenters. The summed E-state index contributed by atoms with van der Waals surface area (Å²) in [7, 11) is 2.72. The first-order chi connectivity index (χ1) is 7.58. The Morgan fingerprint density at radius 3 is 2.44 bits per heavy atom. The number of rotatable bonds is 2. The number of nitrogens with one attached hydrogen (secondary N) is 1. The molecular formula is C11H13NO4. The van der Waals surface area contributed by atoms with E-state index in [2.05, 4.69) is 10.1 Å². The van der Waals surface area contributed by atoms with Crippen LogP contribution in [0.15, 0.2) is 18.2 Å². The van der Waals surface area contributed by atoms with E-state index < -0.39 is 11.9 Å². The van der Waals surface area contributed by atoms with Crippen LogP contribution in [-0.4, -0.2) is 26.1 Å². The number of amides is 1. The van der Waals surface area contributed by atoms with Crippen molar-refractivity contribution in [1.82, 2.24) is 0 Å². The first-order valence-electron chi connectivity index (χ1n) is 4.62. The number of esters is 1. The predicted molar refractivity (Wildman–Crippen MR) is 58.4 cm³/mol. The van der Waals surface area contributed by atoms with Crippen LogP contribution >= 0.6 is 0 Å². The van der Waals surface area contributed by atoms with Crippen molar-refractivity contribution in [2.45, 2.75) is 6.92 Å². The normalized spacial score (nSPS) is 9.44. The summed E-state index contributed by atoms with van der Waals surface area (Å²) in [4.78, 5) is 22.1. The Morgan fingerprint density at radius 1 is 1.25 bits per heavy atom. The van der Waals surface area contributed by atoms with E-state index in [1.165, 1.54) is 0 Å². The standard InChI is InChI=1S/C11H13NO4/c1-7-6-8(4-5-9(7)15-2)12-10(13)11(14)16-3/h4-6H,1-3H3,(H,12,13). The predicted octanol–water partition coefficient (Wildman–Crippen LogP) is 1.12. The topological polar surface area (TPSA) is 64.6 Å². The lowest BCUT2D eigenvalue weighted by atomic mass is 10.2. The molecular weight excluding hydrogens is 210 g/mol. The van der Waals surface area contributed by atoms with Crippen LogP contribution in [0.5, 0.6) is 5.75 Å². The number of carbonyl (C=O) groups is 2. The third-order valence-corrected chi connectivity index (χ3v) is 2.02. The minimum Gasteiger partial charge on any atom is -0.496 e. The van der Waals surface area contributed by atoms with Crippen LogP contribution in [0.25, 0.3) is 0 Å². The van der Waals surface area contributed by atoms with Crippen molar-refractivity contribution in [1.29, 1.82) is 0 Å². The second-order valence-electron chi connectivity index (χ2n) is 3.13. The number of anilines is 1. The molecule has 1 N–H and O–H groups in total. The van der Waals surface area contributed by atoms with Gasteiger partial charge in [-0.3, -0.25) is 4.79 Å². The Morgan fingerprint density at radius 2 is 1.94 bits per heavy atom. The zero-order chi connectivity index (χ0) is 12.1. The van der Waals surface area contributed by atoms with Gasteiger partial charge >= 0.3 is 11.9 Å². The summed E-state index contributed by atoms with van der Waals surface area (Å²) in [5.74, 6) is -1.00. The van der Waals surface area contributed by atoms with Crippen molar-refractivity contribution in [3.8, 4) is 5.75 Å². The van der Waals surface area contributed by atoms with Gasteiger partial charge in [0, 0.05) is 5.69 Å². The highest BCUT2D eigenvalue weighted by Gasteiger charge is 2.13. The lowest BCUT2D eigenvalue weighted by Gasteiger charge is -2.07. The highest BCUT2D eigenvalue weighted by molar-refractivity contribution is 6.37. The third kappa shape index (κ3) is 2.73. The van der Waals surface area contributed by atoms with Crippen molar-refractivity contribution in [2.75, 3.05) is 19.5 Å². The number of benzene rings is 1. The summed E-state index contributed by atoms with van der Waals surface area (Å²) in [5, 5.41) is 2.42. The number of ether oxygens (including phenoxy) is 2. The van der Waals surface area contributed by atoms with Crippen LogP contribution in [0, 0.1) is 6.92 Å². The Kier molecular flexibility index (Phi) is 3.88. The molecule has 0 aromatic heterocycles. The fourth-order valence-corrected chi connectivity index (χ4v) is 1.23. The maximum atomic E-state index is 11.2. The van der Waals surface area contributed by atoms with Crippen molar-refractivity contribution < 1.29 is 19.1 Å². The molecule has 1 rings (SSSR count). The van der Waals surface area contributed by atoms with Crippen molar-refractivity contribution in [2.24, 2.45) is 0 Å². The average Bonchev–Trinajstić information content (AvgIpc) is 2.28. The van der Waals surface area contributed by atoms with Crippen LogP contribution in [0.2, 0.25) is 0 Å². The van der Waals surface area contributed by atoms with Gasteiger partial charge in [0.05, 0.1) is 14.2 Å². The van der Waals surface area contributed by atoms with E-state index in [-0.39, 0.29) is 0 Å². The van der Waals surface area contributed by atoms with E-state index in [1.54, 1.807) is 25.3 Å². The minimum atomic E-state index is -0.923. The second-order valence-corrected chi connectivity index (χ2v) is 3.13. The van der Waals surface area contributed by atoms with E-state index in [0.717, 1.165) is 18.4 Å². The fraction of sp³-hybridized carbons (Fsp3) is 0.273. The summed E-state index contributed by atoms with van der Waals surface area (Å²) in [5.41, 5.74) is 1.39. The third-order valence-electron chi connectivity index (χ3n) is 2.02. The molecule has 0 unspecified atom stereocenters. The molecule has 16 heavy (non-hydrogen) atoms. The van der Waals surface area contributed by atoms with Crippen LogP contribution in [0.3, 0.4) is 0 Å². The number of hydrogen-bond acceptors (Lipinski definition) is 4. The highest BCUT2D eigenvalue weighted by atomic mass is 16.5. The van der Waals surface area contributed by atoms with Crippen LogP contribution < -0.4 is 10.1 Å². The molecule has 1 aromatic carbocycles. The largest absolute Gasteiger partial charge is 0.496 e. The van der Waals surface area contributed by atoms with Crippen molar-refractivity contribution in [3.05, 3.63) is 23.8 Å². The molecule has 0 radical (unpaired) electrons. The molecule has 0 aliphatic carbocycles.